The largest absolute Gasteiger partial charge is 0.457 e. The van der Waals surface area contributed by atoms with E-state index in [1.807, 2.05) is 20.8 Å². The summed E-state index contributed by atoms with van der Waals surface area (Å²) in [6, 6.07) is 2.56. The first-order valence-electron chi connectivity index (χ1n) is 10.2. The highest BCUT2D eigenvalue weighted by atomic mass is 16.5. The molecule has 0 spiro atoms. The molecule has 32 heavy (non-hydrogen) atoms. The van der Waals surface area contributed by atoms with Crippen LogP contribution in [0.3, 0.4) is 0 Å². The van der Waals surface area contributed by atoms with Gasteiger partial charge in [-0.25, -0.2) is 0 Å². The molecule has 0 bridgehead atoms. The van der Waals surface area contributed by atoms with Crippen LogP contribution in [0.15, 0.2) is 35.4 Å². The van der Waals surface area contributed by atoms with Gasteiger partial charge in [-0.05, 0) is 38.5 Å². The first-order valence-corrected chi connectivity index (χ1v) is 10.2. The lowest BCUT2D eigenvalue weighted by molar-refractivity contribution is -0.147. The summed E-state index contributed by atoms with van der Waals surface area (Å²) in [6.45, 7) is 7.84. The van der Waals surface area contributed by atoms with E-state index in [0.717, 1.165) is 25.5 Å². The summed E-state index contributed by atoms with van der Waals surface area (Å²) in [4.78, 5) is 61.7. The Hall–Kier alpha value is -3.55. The van der Waals surface area contributed by atoms with Crippen molar-refractivity contribution in [2.24, 2.45) is 0 Å². The molecular formula is C24H26O8. The molecule has 8 nitrogen and oxygen atoms in total. The topological polar surface area (TPSA) is 113 Å². The molecule has 1 aliphatic rings. The normalized spacial score (nSPS) is 13.5. The smallest absolute Gasteiger partial charge is 0.308 e. The maximum atomic E-state index is 13.5. The molecule has 0 N–H and O–H groups in total. The van der Waals surface area contributed by atoms with Crippen LogP contribution in [-0.2, 0) is 19.1 Å². The van der Waals surface area contributed by atoms with Gasteiger partial charge in [0.25, 0.3) is 0 Å². The van der Waals surface area contributed by atoms with Gasteiger partial charge in [-0.3, -0.25) is 24.0 Å². The number of hydrogen-bond acceptors (Lipinski definition) is 8. The van der Waals surface area contributed by atoms with Gasteiger partial charge in [0.15, 0.2) is 11.6 Å². The van der Waals surface area contributed by atoms with Crippen molar-refractivity contribution in [3.05, 3.63) is 46.6 Å². The van der Waals surface area contributed by atoms with Crippen molar-refractivity contribution >= 4 is 29.5 Å². The Morgan fingerprint density at radius 3 is 2.00 bits per heavy atom. The van der Waals surface area contributed by atoms with Crippen molar-refractivity contribution in [3.8, 4) is 11.5 Å². The van der Waals surface area contributed by atoms with Crippen LogP contribution in [-0.4, -0.2) is 35.6 Å². The lowest BCUT2D eigenvalue weighted by Gasteiger charge is -2.24. The van der Waals surface area contributed by atoms with Crippen molar-refractivity contribution in [2.75, 3.05) is 0 Å². The molecule has 0 radical (unpaired) electrons. The molecule has 0 aliphatic heterocycles. The molecule has 1 aromatic rings. The van der Waals surface area contributed by atoms with E-state index >= 15 is 0 Å². The van der Waals surface area contributed by atoms with Gasteiger partial charge in [0.1, 0.15) is 17.6 Å². The fourth-order valence-corrected chi connectivity index (χ4v) is 3.18. The standard InChI is InChI=1S/C24H26O8/c1-6-7-21(28)32-18(9-8-13(2)3)16-12-17(27)22-19(30-14(4)25)10-11-20(31-15(5)26)23(22)24(16)29/h8,10-12,18H,6-7,9H2,1-5H3. The fraction of sp³-hybridized carbons (Fsp3) is 0.375. The van der Waals surface area contributed by atoms with Gasteiger partial charge < -0.3 is 14.2 Å². The van der Waals surface area contributed by atoms with Gasteiger partial charge in [-0.2, -0.15) is 0 Å². The number of allylic oxidation sites excluding steroid dienone is 2. The highest BCUT2D eigenvalue weighted by Crippen LogP contribution is 2.38. The zero-order chi connectivity index (χ0) is 24.0. The molecule has 8 heteroatoms. The summed E-state index contributed by atoms with van der Waals surface area (Å²) in [5.41, 5.74) is 0.497. The molecule has 170 valence electrons. The van der Waals surface area contributed by atoms with E-state index in [2.05, 4.69) is 0 Å². The van der Waals surface area contributed by atoms with Crippen LogP contribution >= 0.6 is 0 Å². The molecule has 0 saturated carbocycles. The van der Waals surface area contributed by atoms with Crippen LogP contribution in [0.5, 0.6) is 11.5 Å². The maximum absolute atomic E-state index is 13.5. The number of esters is 3. The summed E-state index contributed by atoms with van der Waals surface area (Å²) >= 11 is 0. The Balaban J connectivity index is 2.62. The summed E-state index contributed by atoms with van der Waals surface area (Å²) in [5, 5.41) is 0. The predicted octanol–water partition coefficient (Wildman–Crippen LogP) is 3.91. The molecule has 1 aromatic carbocycles. The zero-order valence-corrected chi connectivity index (χ0v) is 18.8. The Morgan fingerprint density at radius 1 is 0.938 bits per heavy atom. The van der Waals surface area contributed by atoms with Crippen LogP contribution in [0, 0.1) is 0 Å². The SMILES string of the molecule is CCCC(=O)OC(CC=C(C)C)C1=CC(=O)c2c(OC(C)=O)ccc(OC(C)=O)c2C1=O. The monoisotopic (exact) mass is 442 g/mol. The van der Waals surface area contributed by atoms with Gasteiger partial charge in [-0.15, -0.1) is 0 Å². The third-order valence-electron chi connectivity index (χ3n) is 4.47. The second-order valence-electron chi connectivity index (χ2n) is 7.54. The van der Waals surface area contributed by atoms with Crippen LogP contribution in [0.2, 0.25) is 0 Å². The van der Waals surface area contributed by atoms with Gasteiger partial charge >= 0.3 is 17.9 Å². The molecular weight excluding hydrogens is 416 g/mol. The average Bonchev–Trinajstić information content (AvgIpc) is 2.68. The minimum atomic E-state index is -1.00. The second kappa shape index (κ2) is 10.7. The number of ketones is 2. The zero-order valence-electron chi connectivity index (χ0n) is 18.8. The first kappa shape index (κ1) is 24.7. The van der Waals surface area contributed by atoms with Crippen molar-refractivity contribution < 1.29 is 38.2 Å². The van der Waals surface area contributed by atoms with E-state index in [-0.39, 0.29) is 41.0 Å². The van der Waals surface area contributed by atoms with Crippen molar-refractivity contribution in [1.82, 2.24) is 0 Å². The fourth-order valence-electron chi connectivity index (χ4n) is 3.18. The van der Waals surface area contributed by atoms with E-state index in [9.17, 15) is 24.0 Å². The molecule has 0 fully saturated rings. The number of ether oxygens (including phenoxy) is 3. The molecule has 0 aromatic heterocycles. The van der Waals surface area contributed by atoms with Crippen molar-refractivity contribution in [2.45, 2.75) is 60.0 Å². The van der Waals surface area contributed by atoms with Crippen molar-refractivity contribution in [3.63, 3.8) is 0 Å². The van der Waals surface area contributed by atoms with Crippen molar-refractivity contribution in [1.29, 1.82) is 0 Å². The van der Waals surface area contributed by atoms with Gasteiger partial charge in [0.2, 0.25) is 0 Å². The minimum Gasteiger partial charge on any atom is -0.457 e. The number of hydrogen-bond donors (Lipinski definition) is 0. The quantitative estimate of drug-likeness (QED) is 0.338. The maximum Gasteiger partial charge on any atom is 0.308 e. The van der Waals surface area contributed by atoms with Crippen LogP contribution in [0.25, 0.3) is 0 Å². The van der Waals surface area contributed by atoms with E-state index < -0.39 is 35.6 Å². The van der Waals surface area contributed by atoms with Crippen LogP contribution in [0.4, 0.5) is 0 Å². The summed E-state index contributed by atoms with van der Waals surface area (Å²) in [5.74, 6) is -3.43. The predicted molar refractivity (Wildman–Crippen MR) is 115 cm³/mol. The van der Waals surface area contributed by atoms with E-state index in [1.165, 1.54) is 12.1 Å². The lowest BCUT2D eigenvalue weighted by Crippen LogP contribution is -2.30. The third kappa shape index (κ3) is 6.00. The summed E-state index contributed by atoms with van der Waals surface area (Å²) in [6.07, 6.45) is 2.77. The molecule has 1 unspecified atom stereocenters. The molecule has 1 aliphatic carbocycles. The number of rotatable bonds is 8. The van der Waals surface area contributed by atoms with E-state index in [0.29, 0.717) is 6.42 Å². The summed E-state index contributed by atoms with van der Waals surface area (Å²) in [7, 11) is 0. The van der Waals surface area contributed by atoms with Gasteiger partial charge in [-0.1, -0.05) is 18.6 Å². The van der Waals surface area contributed by atoms with Gasteiger partial charge in [0.05, 0.1) is 11.1 Å². The van der Waals surface area contributed by atoms with E-state index in [4.69, 9.17) is 14.2 Å². The number of Topliss-reactive ketones (excluding diaryl/α,β-unsaturated/α-hetero) is 1. The molecule has 2 rings (SSSR count). The highest BCUT2D eigenvalue weighted by molar-refractivity contribution is 6.27. The number of fused-ring (bicyclic) bond motifs is 1. The highest BCUT2D eigenvalue weighted by Gasteiger charge is 2.37. The number of carbonyl (C=O) groups excluding carboxylic acids is 5. The molecule has 0 amide bonds. The third-order valence-corrected chi connectivity index (χ3v) is 4.47. The number of carbonyl (C=O) groups is 5. The Kier molecular flexibility index (Phi) is 8.23. The average molecular weight is 442 g/mol. The summed E-state index contributed by atoms with van der Waals surface area (Å²) < 4.78 is 15.7. The lowest BCUT2D eigenvalue weighted by atomic mass is 9.85. The Bertz CT molecular complexity index is 1020. The number of benzene rings is 1. The van der Waals surface area contributed by atoms with E-state index in [1.54, 1.807) is 6.08 Å². The second-order valence-corrected chi connectivity index (χ2v) is 7.54. The Morgan fingerprint density at radius 2 is 1.50 bits per heavy atom. The molecule has 0 saturated heterocycles. The van der Waals surface area contributed by atoms with Crippen LogP contribution < -0.4 is 9.47 Å². The molecule has 0 heterocycles. The minimum absolute atomic E-state index is 0.0437. The first-order chi connectivity index (χ1) is 15.0. The molecule has 1 atom stereocenters. The Labute approximate surface area is 186 Å². The van der Waals surface area contributed by atoms with Crippen LogP contribution in [0.1, 0.15) is 74.6 Å². The van der Waals surface area contributed by atoms with Gasteiger partial charge in [0, 0.05) is 32.3 Å².